The Balaban J connectivity index is 0. The lowest BCUT2D eigenvalue weighted by Crippen LogP contribution is -1.96. The van der Waals surface area contributed by atoms with E-state index < -0.39 is 10.1 Å². The predicted molar refractivity (Wildman–Crippen MR) is 52.5 cm³/mol. The molecule has 0 atom stereocenters. The van der Waals surface area contributed by atoms with Crippen molar-refractivity contribution >= 4 is 10.1 Å². The first-order valence-electron chi connectivity index (χ1n) is 3.61. The van der Waals surface area contributed by atoms with Gasteiger partial charge in [0.25, 0.3) is 0 Å². The van der Waals surface area contributed by atoms with Crippen LogP contribution in [0.1, 0.15) is 21.3 Å². The molecule has 76 valence electrons. The Hall–Kier alpha value is -0.870. The van der Waals surface area contributed by atoms with Crippen LogP contribution in [0.2, 0.25) is 0 Å². The highest BCUT2D eigenvalue weighted by molar-refractivity contribution is 7.85. The van der Waals surface area contributed by atoms with Gasteiger partial charge in [0.2, 0.25) is 0 Å². The van der Waals surface area contributed by atoms with Crippen LogP contribution in [0.3, 0.4) is 0 Å². The molecular weight excluding hydrogens is 188 g/mol. The van der Waals surface area contributed by atoms with E-state index in [1.807, 2.05) is 13.8 Å². The second kappa shape index (κ2) is 6.62. The maximum absolute atomic E-state index is 10.3. The molecule has 0 fully saturated rings. The number of hydrogen-bond donors (Lipinski definition) is 0. The van der Waals surface area contributed by atoms with Crippen LogP contribution in [-0.4, -0.2) is 13.0 Å². The summed E-state index contributed by atoms with van der Waals surface area (Å²) in [5.74, 6) is 0. The van der Waals surface area contributed by atoms with Crippen molar-refractivity contribution in [2.75, 3.05) is 0 Å². The van der Waals surface area contributed by atoms with E-state index in [-0.39, 0.29) is 12.3 Å². The minimum atomic E-state index is -4.25. The molecule has 0 spiro atoms. The summed E-state index contributed by atoms with van der Waals surface area (Å²) in [6, 6.07) is 7.19. The molecule has 1 rings (SSSR count). The molecule has 0 aliphatic heterocycles. The molecule has 0 bridgehead atoms. The first-order chi connectivity index (χ1) is 5.61. The summed E-state index contributed by atoms with van der Waals surface area (Å²) in [6.07, 6.45) is 0. The van der Waals surface area contributed by atoms with E-state index in [1.54, 1.807) is 6.07 Å². The average molecular weight is 203 g/mol. The molecule has 0 aliphatic rings. The normalized spacial score (nSPS) is 9.15. The Labute approximate surface area is 80.2 Å². The van der Waals surface area contributed by atoms with E-state index in [4.69, 9.17) is 0 Å². The molecule has 13 heavy (non-hydrogen) atoms. The van der Waals surface area contributed by atoms with E-state index in [0.717, 1.165) is 0 Å². The number of benzene rings is 1. The smallest absolute Gasteiger partial charge is 0.124 e. The fourth-order valence-corrected chi connectivity index (χ4v) is 1.08. The Morgan fingerprint density at radius 2 is 1.46 bits per heavy atom. The lowest BCUT2D eigenvalue weighted by Gasteiger charge is -2.04. The Morgan fingerprint density at radius 1 is 1.08 bits per heavy atom. The van der Waals surface area contributed by atoms with Gasteiger partial charge in [-0.05, 0) is 12.1 Å². The van der Waals surface area contributed by atoms with Gasteiger partial charge in [0.1, 0.15) is 10.1 Å². The van der Waals surface area contributed by atoms with Gasteiger partial charge in [-0.3, -0.25) is 0 Å². The van der Waals surface area contributed by atoms with Crippen molar-refractivity contribution < 1.29 is 13.0 Å². The molecule has 0 N–H and O–H groups in total. The number of hydrogen-bond acceptors (Lipinski definition) is 3. The Morgan fingerprint density at radius 3 is 1.69 bits per heavy atom. The molecule has 0 radical (unpaired) electrons. The molecule has 3 nitrogen and oxygen atoms in total. The van der Waals surface area contributed by atoms with Gasteiger partial charge in [0.05, 0.1) is 4.90 Å². The van der Waals surface area contributed by atoms with Gasteiger partial charge < -0.3 is 4.55 Å². The summed E-state index contributed by atoms with van der Waals surface area (Å²) < 4.78 is 30.8. The highest BCUT2D eigenvalue weighted by Crippen LogP contribution is 2.04. The van der Waals surface area contributed by atoms with Crippen LogP contribution in [0.4, 0.5) is 0 Å². The van der Waals surface area contributed by atoms with Gasteiger partial charge in [-0.2, -0.15) is 0 Å². The third-order valence-electron chi connectivity index (χ3n) is 1.03. The molecule has 0 unspecified atom stereocenters. The molecule has 0 amide bonds. The fourth-order valence-electron chi connectivity index (χ4n) is 0.587. The topological polar surface area (TPSA) is 57.2 Å². The van der Waals surface area contributed by atoms with Crippen LogP contribution < -0.4 is 0 Å². The van der Waals surface area contributed by atoms with Gasteiger partial charge in [-0.15, -0.1) is 0 Å². The summed E-state index contributed by atoms with van der Waals surface area (Å²) >= 11 is 0. The van der Waals surface area contributed by atoms with Crippen molar-refractivity contribution in [3.05, 3.63) is 30.3 Å². The largest absolute Gasteiger partial charge is 0.744 e. The van der Waals surface area contributed by atoms with E-state index in [9.17, 15) is 13.0 Å². The maximum Gasteiger partial charge on any atom is 0.124 e. The minimum Gasteiger partial charge on any atom is -0.744 e. The van der Waals surface area contributed by atoms with Gasteiger partial charge in [0.15, 0.2) is 0 Å². The third-order valence-corrected chi connectivity index (χ3v) is 1.88. The van der Waals surface area contributed by atoms with Crippen LogP contribution >= 0.6 is 0 Å². The van der Waals surface area contributed by atoms with Gasteiger partial charge >= 0.3 is 0 Å². The van der Waals surface area contributed by atoms with Crippen molar-refractivity contribution in [1.82, 2.24) is 0 Å². The summed E-state index contributed by atoms with van der Waals surface area (Å²) in [5, 5.41) is 0. The highest BCUT2D eigenvalue weighted by Gasteiger charge is 1.95. The van der Waals surface area contributed by atoms with Crippen LogP contribution in [0.15, 0.2) is 35.2 Å². The molecule has 1 aromatic rings. The molecule has 1 aromatic carbocycles. The van der Waals surface area contributed by atoms with Crippen molar-refractivity contribution in [3.8, 4) is 0 Å². The second-order valence-electron chi connectivity index (χ2n) is 1.77. The third kappa shape index (κ3) is 5.38. The summed E-state index contributed by atoms with van der Waals surface area (Å²) in [4.78, 5) is -0.185. The Kier molecular flexibility index (Phi) is 7.46. The Bertz CT molecular complexity index is 303. The second-order valence-corrected chi connectivity index (χ2v) is 3.15. The van der Waals surface area contributed by atoms with Crippen molar-refractivity contribution in [3.63, 3.8) is 0 Å². The molecule has 0 saturated heterocycles. The zero-order valence-electron chi connectivity index (χ0n) is 7.02. The minimum absolute atomic E-state index is 0. The molecule has 4 heteroatoms. The van der Waals surface area contributed by atoms with Crippen LogP contribution in [0, 0.1) is 0 Å². The molecule has 0 saturated carbocycles. The SMILES string of the molecule is C.CC.O=S(=O)([O-])c1ccccc1. The van der Waals surface area contributed by atoms with E-state index in [2.05, 4.69) is 0 Å². The lowest BCUT2D eigenvalue weighted by atomic mass is 10.4. The number of rotatable bonds is 1. The van der Waals surface area contributed by atoms with Crippen LogP contribution in [0.25, 0.3) is 0 Å². The van der Waals surface area contributed by atoms with Crippen molar-refractivity contribution in [2.24, 2.45) is 0 Å². The summed E-state index contributed by atoms with van der Waals surface area (Å²) in [7, 11) is -4.25. The molecular formula is C9H15O3S-. The first-order valence-corrected chi connectivity index (χ1v) is 5.02. The van der Waals surface area contributed by atoms with Crippen LogP contribution in [0.5, 0.6) is 0 Å². The van der Waals surface area contributed by atoms with E-state index in [1.165, 1.54) is 24.3 Å². The van der Waals surface area contributed by atoms with E-state index >= 15 is 0 Å². The van der Waals surface area contributed by atoms with E-state index in [0.29, 0.717) is 0 Å². The van der Waals surface area contributed by atoms with Crippen molar-refractivity contribution in [2.45, 2.75) is 26.2 Å². The quantitative estimate of drug-likeness (QED) is 0.658. The molecule has 0 heterocycles. The highest BCUT2D eigenvalue weighted by atomic mass is 32.2. The van der Waals surface area contributed by atoms with Crippen molar-refractivity contribution in [1.29, 1.82) is 0 Å². The van der Waals surface area contributed by atoms with Crippen LogP contribution in [-0.2, 0) is 10.1 Å². The van der Waals surface area contributed by atoms with Gasteiger partial charge in [-0.1, -0.05) is 39.5 Å². The zero-order valence-corrected chi connectivity index (χ0v) is 7.84. The molecule has 0 aromatic heterocycles. The fraction of sp³-hybridized carbons (Fsp3) is 0.333. The standard InChI is InChI=1S/C6H6O3S.C2H6.CH4/c7-10(8,9)6-4-2-1-3-5-6;1-2;/h1-5H,(H,7,8,9);1-2H3;1H4/p-1. The molecule has 0 aliphatic carbocycles. The lowest BCUT2D eigenvalue weighted by molar-refractivity contribution is 0.463. The summed E-state index contributed by atoms with van der Waals surface area (Å²) in [5.41, 5.74) is 0. The zero-order chi connectivity index (χ0) is 9.61. The first kappa shape index (κ1) is 14.6. The maximum atomic E-state index is 10.3. The monoisotopic (exact) mass is 203 g/mol. The predicted octanol–water partition coefficient (Wildman–Crippen LogP) is 2.25. The average Bonchev–Trinajstić information content (AvgIpc) is 2.08. The van der Waals surface area contributed by atoms with Gasteiger partial charge in [-0.25, -0.2) is 8.42 Å². The summed E-state index contributed by atoms with van der Waals surface area (Å²) in [6.45, 7) is 4.00. The van der Waals surface area contributed by atoms with Gasteiger partial charge in [0, 0.05) is 0 Å².